The van der Waals surface area contributed by atoms with E-state index >= 15 is 0 Å². The number of ether oxygens (including phenoxy) is 1. The second-order valence-electron chi connectivity index (χ2n) is 5.45. The molecule has 1 heterocycles. The molecule has 1 aromatic carbocycles. The van der Waals surface area contributed by atoms with Gasteiger partial charge in [0.15, 0.2) is 0 Å². The van der Waals surface area contributed by atoms with Gasteiger partial charge < -0.3 is 15.8 Å². The van der Waals surface area contributed by atoms with Crippen LogP contribution in [0.1, 0.15) is 18.4 Å². The Hall–Kier alpha value is -1.46. The van der Waals surface area contributed by atoms with Gasteiger partial charge in [0, 0.05) is 19.8 Å². The van der Waals surface area contributed by atoms with Crippen LogP contribution in [0.4, 0.5) is 0 Å². The van der Waals surface area contributed by atoms with Gasteiger partial charge in [-0.15, -0.1) is 0 Å². The average molecular weight is 306 g/mol. The lowest BCUT2D eigenvalue weighted by atomic mass is 9.97. The van der Waals surface area contributed by atoms with Crippen molar-refractivity contribution in [3.05, 3.63) is 35.9 Å². The smallest absolute Gasteiger partial charge is 0.230 e. The van der Waals surface area contributed by atoms with Crippen LogP contribution in [-0.2, 0) is 16.0 Å². The third kappa shape index (κ3) is 5.10. The monoisotopic (exact) mass is 306 g/mol. The minimum Gasteiger partial charge on any atom is -0.393 e. The van der Waals surface area contributed by atoms with Crippen molar-refractivity contribution in [1.82, 2.24) is 5.32 Å². The van der Waals surface area contributed by atoms with Gasteiger partial charge in [-0.1, -0.05) is 42.5 Å². The molecule has 1 unspecified atom stereocenters. The molecule has 0 spiro atoms. The first kappa shape index (κ1) is 15.9. The van der Waals surface area contributed by atoms with Gasteiger partial charge in [-0.05, 0) is 30.7 Å². The van der Waals surface area contributed by atoms with E-state index in [9.17, 15) is 4.79 Å². The fourth-order valence-electron chi connectivity index (χ4n) is 2.49. The first-order chi connectivity index (χ1) is 10.2. The Morgan fingerprint density at radius 3 is 2.62 bits per heavy atom. The summed E-state index contributed by atoms with van der Waals surface area (Å²) in [5, 5.41) is 2.99. The maximum absolute atomic E-state index is 12.3. The van der Waals surface area contributed by atoms with Gasteiger partial charge in [-0.25, -0.2) is 0 Å². The molecule has 1 atom stereocenters. The van der Waals surface area contributed by atoms with Crippen LogP contribution in [0.25, 0.3) is 0 Å². The quantitative estimate of drug-likeness (QED) is 0.785. The summed E-state index contributed by atoms with van der Waals surface area (Å²) in [6.45, 7) is 2.24. The van der Waals surface area contributed by atoms with Gasteiger partial charge in [0.25, 0.3) is 0 Å². The molecule has 0 aliphatic carbocycles. The molecule has 0 bridgehead atoms. The molecule has 114 valence electrons. The number of carbonyl (C=O) groups is 1. The van der Waals surface area contributed by atoms with Crippen LogP contribution in [0.2, 0.25) is 0 Å². The van der Waals surface area contributed by atoms with E-state index in [0.717, 1.165) is 31.6 Å². The minimum atomic E-state index is -0.442. The van der Waals surface area contributed by atoms with E-state index in [1.807, 2.05) is 30.3 Å². The minimum absolute atomic E-state index is 0.0714. The van der Waals surface area contributed by atoms with E-state index in [1.165, 1.54) is 0 Å². The van der Waals surface area contributed by atoms with Crippen LogP contribution in [0.5, 0.6) is 0 Å². The van der Waals surface area contributed by atoms with Crippen molar-refractivity contribution in [2.24, 2.45) is 17.6 Å². The van der Waals surface area contributed by atoms with Crippen LogP contribution in [0.3, 0.4) is 0 Å². The van der Waals surface area contributed by atoms with E-state index in [1.54, 1.807) is 0 Å². The molecule has 1 saturated heterocycles. The lowest BCUT2D eigenvalue weighted by Gasteiger charge is -2.23. The Kier molecular flexibility index (Phi) is 6.14. The van der Waals surface area contributed by atoms with Crippen molar-refractivity contribution in [3.63, 3.8) is 0 Å². The van der Waals surface area contributed by atoms with E-state index in [0.29, 0.717) is 18.9 Å². The molecule has 0 saturated carbocycles. The molecule has 3 N–H and O–H groups in total. The standard InChI is InChI=1S/C16H22N2O2S/c17-15(21)14(10-12-4-2-1-3-5-12)16(19)18-11-13-6-8-20-9-7-13/h1-5,13-14H,6-11H2,(H2,17,21)(H,18,19). The SMILES string of the molecule is NC(=S)C(Cc1ccccc1)C(=O)NCC1CCOCC1. The number of carbonyl (C=O) groups excluding carboxylic acids is 1. The first-order valence-electron chi connectivity index (χ1n) is 7.35. The van der Waals surface area contributed by atoms with Crippen molar-refractivity contribution in [2.45, 2.75) is 19.3 Å². The third-order valence-corrected chi connectivity index (χ3v) is 4.13. The lowest BCUT2D eigenvalue weighted by Crippen LogP contribution is -2.41. The van der Waals surface area contributed by atoms with Crippen LogP contribution in [0.15, 0.2) is 30.3 Å². The summed E-state index contributed by atoms with van der Waals surface area (Å²) < 4.78 is 5.32. The van der Waals surface area contributed by atoms with E-state index in [-0.39, 0.29) is 10.9 Å². The highest BCUT2D eigenvalue weighted by molar-refractivity contribution is 7.80. The molecule has 1 amide bonds. The molecule has 1 fully saturated rings. The molecule has 2 rings (SSSR count). The molecule has 0 radical (unpaired) electrons. The second kappa shape index (κ2) is 8.10. The summed E-state index contributed by atoms with van der Waals surface area (Å²) in [7, 11) is 0. The van der Waals surface area contributed by atoms with Gasteiger partial charge >= 0.3 is 0 Å². The number of nitrogens with one attached hydrogen (secondary N) is 1. The molecular formula is C16H22N2O2S. The topological polar surface area (TPSA) is 64.4 Å². The van der Waals surface area contributed by atoms with Crippen molar-refractivity contribution in [3.8, 4) is 0 Å². The van der Waals surface area contributed by atoms with Gasteiger partial charge in [-0.2, -0.15) is 0 Å². The fourth-order valence-corrected chi connectivity index (χ4v) is 2.68. The molecule has 0 aromatic heterocycles. The lowest BCUT2D eigenvalue weighted by molar-refractivity contribution is -0.123. The van der Waals surface area contributed by atoms with Gasteiger partial charge in [0.05, 0.1) is 10.9 Å². The molecule has 1 aliphatic rings. The van der Waals surface area contributed by atoms with Crippen molar-refractivity contribution < 1.29 is 9.53 Å². The Balaban J connectivity index is 1.88. The Morgan fingerprint density at radius 2 is 2.00 bits per heavy atom. The van der Waals surface area contributed by atoms with Crippen molar-refractivity contribution >= 4 is 23.1 Å². The predicted molar refractivity (Wildman–Crippen MR) is 87.0 cm³/mol. The number of hydrogen-bond acceptors (Lipinski definition) is 3. The summed E-state index contributed by atoms with van der Waals surface area (Å²) >= 11 is 5.06. The number of benzene rings is 1. The molecular weight excluding hydrogens is 284 g/mol. The Morgan fingerprint density at radius 1 is 1.33 bits per heavy atom. The van der Waals surface area contributed by atoms with E-state index < -0.39 is 5.92 Å². The normalized spacial score (nSPS) is 17.1. The van der Waals surface area contributed by atoms with Crippen LogP contribution in [-0.4, -0.2) is 30.7 Å². The fraction of sp³-hybridized carbons (Fsp3) is 0.500. The third-order valence-electron chi connectivity index (χ3n) is 3.85. The van der Waals surface area contributed by atoms with Crippen molar-refractivity contribution in [1.29, 1.82) is 0 Å². The zero-order valence-corrected chi connectivity index (χ0v) is 12.9. The maximum atomic E-state index is 12.3. The zero-order chi connectivity index (χ0) is 15.1. The van der Waals surface area contributed by atoms with E-state index in [4.69, 9.17) is 22.7 Å². The maximum Gasteiger partial charge on any atom is 0.230 e. The van der Waals surface area contributed by atoms with Gasteiger partial charge in [0.2, 0.25) is 5.91 Å². The van der Waals surface area contributed by atoms with Crippen LogP contribution >= 0.6 is 12.2 Å². The Labute approximate surface area is 131 Å². The summed E-state index contributed by atoms with van der Waals surface area (Å²) in [5.74, 6) is -0.0218. The summed E-state index contributed by atoms with van der Waals surface area (Å²) in [6.07, 6.45) is 2.54. The molecule has 4 nitrogen and oxygen atoms in total. The second-order valence-corrected chi connectivity index (χ2v) is 5.92. The van der Waals surface area contributed by atoms with Crippen LogP contribution < -0.4 is 11.1 Å². The molecule has 21 heavy (non-hydrogen) atoms. The molecule has 1 aliphatic heterocycles. The van der Waals surface area contributed by atoms with E-state index in [2.05, 4.69) is 5.32 Å². The van der Waals surface area contributed by atoms with Crippen LogP contribution in [0, 0.1) is 11.8 Å². The summed E-state index contributed by atoms with van der Waals surface area (Å²) in [6, 6.07) is 9.82. The Bertz CT molecular complexity index is 472. The van der Waals surface area contributed by atoms with Gasteiger partial charge in [0.1, 0.15) is 0 Å². The highest BCUT2D eigenvalue weighted by atomic mass is 32.1. The summed E-state index contributed by atoms with van der Waals surface area (Å²) in [5.41, 5.74) is 6.81. The highest BCUT2D eigenvalue weighted by Crippen LogP contribution is 2.14. The number of thiocarbonyl (C=S) groups is 1. The number of hydrogen-bond donors (Lipinski definition) is 2. The van der Waals surface area contributed by atoms with Crippen molar-refractivity contribution in [2.75, 3.05) is 19.8 Å². The number of amides is 1. The molecule has 5 heteroatoms. The predicted octanol–water partition coefficient (Wildman–Crippen LogP) is 1.67. The summed E-state index contributed by atoms with van der Waals surface area (Å²) in [4.78, 5) is 12.6. The van der Waals surface area contributed by atoms with Gasteiger partial charge in [-0.3, -0.25) is 4.79 Å². The largest absolute Gasteiger partial charge is 0.393 e. The highest BCUT2D eigenvalue weighted by Gasteiger charge is 2.23. The number of nitrogens with two attached hydrogens (primary N) is 1. The number of rotatable bonds is 6. The average Bonchev–Trinajstić information content (AvgIpc) is 2.52. The zero-order valence-electron chi connectivity index (χ0n) is 12.1. The first-order valence-corrected chi connectivity index (χ1v) is 7.76. The molecule has 1 aromatic rings.